The average Bonchev–Trinajstić information content (AvgIpc) is 3.22. The van der Waals surface area contributed by atoms with Gasteiger partial charge in [0.1, 0.15) is 24.3 Å². The predicted molar refractivity (Wildman–Crippen MR) is 123 cm³/mol. The molecule has 0 saturated carbocycles. The molecule has 2 aromatic heterocycles. The lowest BCUT2D eigenvalue weighted by molar-refractivity contribution is 0.0632. The van der Waals surface area contributed by atoms with E-state index in [1.165, 1.54) is 11.6 Å². The Hall–Kier alpha value is -3.58. The molecule has 1 atom stereocenters. The van der Waals surface area contributed by atoms with Gasteiger partial charge in [0.05, 0.1) is 5.52 Å². The Morgan fingerprint density at radius 1 is 1.16 bits per heavy atom. The Morgan fingerprint density at radius 3 is 2.97 bits per heavy atom. The number of hydrogen-bond donors (Lipinski definition) is 2. The summed E-state index contributed by atoms with van der Waals surface area (Å²) in [5, 5.41) is 1.85. The molecule has 2 aliphatic rings. The topological polar surface area (TPSA) is 76.4 Å². The number of nitrogens with one attached hydrogen (secondary N) is 1. The number of halogens is 1. The van der Waals surface area contributed by atoms with E-state index < -0.39 is 0 Å². The van der Waals surface area contributed by atoms with E-state index in [9.17, 15) is 4.39 Å². The van der Waals surface area contributed by atoms with Crippen LogP contribution in [-0.4, -0.2) is 47.2 Å². The fraction of sp³-hybridized carbons (Fsp3) is 0.240. The summed E-state index contributed by atoms with van der Waals surface area (Å²) >= 11 is 0. The summed E-state index contributed by atoms with van der Waals surface area (Å²) in [6.45, 7) is 3.01. The first-order valence-corrected chi connectivity index (χ1v) is 10.8. The van der Waals surface area contributed by atoms with E-state index in [4.69, 9.17) is 15.2 Å². The van der Waals surface area contributed by atoms with Crippen molar-refractivity contribution >= 4 is 33.2 Å². The number of rotatable bonds is 3. The zero-order chi connectivity index (χ0) is 21.7. The lowest BCUT2D eigenvalue weighted by Crippen LogP contribution is -2.42. The highest BCUT2D eigenvalue weighted by atomic mass is 19.1. The Morgan fingerprint density at radius 2 is 2.09 bits per heavy atom. The molecular formula is C25H23FN4O2. The van der Waals surface area contributed by atoms with Crippen molar-refractivity contribution < 1.29 is 13.9 Å². The maximum absolute atomic E-state index is 13.7. The highest BCUT2D eigenvalue weighted by Crippen LogP contribution is 2.39. The third-order valence-electron chi connectivity index (χ3n) is 6.26. The number of aromatic nitrogens is 2. The minimum atomic E-state index is -0.212. The van der Waals surface area contributed by atoms with E-state index in [2.05, 4.69) is 20.9 Å². The molecule has 3 N–H and O–H groups in total. The lowest BCUT2D eigenvalue weighted by Gasteiger charge is -2.33. The molecule has 0 amide bonds. The fourth-order valence-electron chi connectivity index (χ4n) is 4.65. The summed E-state index contributed by atoms with van der Waals surface area (Å²) < 4.78 is 26.1. The van der Waals surface area contributed by atoms with Crippen molar-refractivity contribution in [1.82, 2.24) is 14.9 Å². The number of anilines is 1. The van der Waals surface area contributed by atoms with Gasteiger partial charge in [-0.3, -0.25) is 4.90 Å². The van der Waals surface area contributed by atoms with E-state index in [1.807, 2.05) is 24.4 Å². The molecule has 0 saturated heterocycles. The predicted octanol–water partition coefficient (Wildman–Crippen LogP) is 4.37. The molecule has 0 radical (unpaired) electrons. The Balaban J connectivity index is 1.17. The molecule has 0 fully saturated rings. The first-order valence-electron chi connectivity index (χ1n) is 10.8. The van der Waals surface area contributed by atoms with Crippen LogP contribution in [0.1, 0.15) is 12.0 Å². The number of nitrogens with two attached hydrogens (primary N) is 1. The zero-order valence-electron chi connectivity index (χ0n) is 17.5. The summed E-state index contributed by atoms with van der Waals surface area (Å²) in [5.41, 5.74) is 9.91. The molecule has 4 aromatic rings. The first-order chi connectivity index (χ1) is 15.6. The van der Waals surface area contributed by atoms with E-state index in [1.54, 1.807) is 18.2 Å². The van der Waals surface area contributed by atoms with E-state index in [0.717, 1.165) is 64.9 Å². The molecule has 1 unspecified atom stereocenters. The molecular weight excluding hydrogens is 407 g/mol. The minimum absolute atomic E-state index is 0.0669. The van der Waals surface area contributed by atoms with Gasteiger partial charge in [0.15, 0.2) is 11.5 Å². The van der Waals surface area contributed by atoms with Crippen LogP contribution >= 0.6 is 0 Å². The third kappa shape index (κ3) is 3.35. The summed E-state index contributed by atoms with van der Waals surface area (Å²) in [6.07, 6.45) is 5.05. The van der Waals surface area contributed by atoms with Crippen LogP contribution < -0.4 is 15.2 Å². The molecule has 2 aromatic carbocycles. The first kappa shape index (κ1) is 19.1. The molecule has 0 aliphatic carbocycles. The van der Waals surface area contributed by atoms with Gasteiger partial charge in [-0.15, -0.1) is 0 Å². The fourth-order valence-corrected chi connectivity index (χ4v) is 4.65. The lowest BCUT2D eigenvalue weighted by atomic mass is 9.98. The highest BCUT2D eigenvalue weighted by Gasteiger charge is 2.26. The van der Waals surface area contributed by atoms with E-state index >= 15 is 0 Å². The van der Waals surface area contributed by atoms with Gasteiger partial charge in [0.25, 0.3) is 0 Å². The van der Waals surface area contributed by atoms with Crippen LogP contribution in [0.3, 0.4) is 0 Å². The molecule has 0 bridgehead atoms. The Kier molecular flexibility index (Phi) is 4.50. The second kappa shape index (κ2) is 7.53. The van der Waals surface area contributed by atoms with Crippen molar-refractivity contribution in [3.63, 3.8) is 0 Å². The van der Waals surface area contributed by atoms with Crippen molar-refractivity contribution in [2.75, 3.05) is 32.0 Å². The number of hydrogen-bond acceptors (Lipinski definition) is 5. The summed E-state index contributed by atoms with van der Waals surface area (Å²) in [6, 6.07) is 12.4. The monoisotopic (exact) mass is 430 g/mol. The van der Waals surface area contributed by atoms with Gasteiger partial charge in [-0.1, -0.05) is 6.08 Å². The van der Waals surface area contributed by atoms with Crippen LogP contribution in [0.2, 0.25) is 0 Å². The zero-order valence-corrected chi connectivity index (χ0v) is 17.5. The molecule has 2 aliphatic heterocycles. The van der Waals surface area contributed by atoms with Crippen LogP contribution in [0.25, 0.3) is 27.4 Å². The smallest absolute Gasteiger partial charge is 0.171 e. The molecule has 6 nitrogen and oxygen atoms in total. The summed E-state index contributed by atoms with van der Waals surface area (Å²) in [4.78, 5) is 9.99. The van der Waals surface area contributed by atoms with Gasteiger partial charge < -0.3 is 20.2 Å². The minimum Gasteiger partial charge on any atom is -0.486 e. The van der Waals surface area contributed by atoms with Gasteiger partial charge in [0, 0.05) is 47.7 Å². The van der Waals surface area contributed by atoms with Gasteiger partial charge >= 0.3 is 0 Å². The van der Waals surface area contributed by atoms with Gasteiger partial charge in [-0.25, -0.2) is 9.37 Å². The number of pyridine rings is 1. The molecule has 7 heteroatoms. The third-order valence-corrected chi connectivity index (χ3v) is 6.26. The van der Waals surface area contributed by atoms with Gasteiger partial charge in [-0.2, -0.15) is 0 Å². The van der Waals surface area contributed by atoms with E-state index in [0.29, 0.717) is 12.4 Å². The molecule has 4 heterocycles. The number of ether oxygens (including phenoxy) is 2. The SMILES string of the molecule is Nc1ccc2c3c(ccc2n1)OCC(CN1CC=C(c2c[nH]c4ccc(F)cc24)CC1)O3. The second-order valence-electron chi connectivity index (χ2n) is 8.38. The Bertz CT molecular complexity index is 1360. The van der Waals surface area contributed by atoms with Crippen LogP contribution in [0.4, 0.5) is 10.2 Å². The van der Waals surface area contributed by atoms with E-state index in [-0.39, 0.29) is 11.9 Å². The normalized spacial score (nSPS) is 18.8. The van der Waals surface area contributed by atoms with Crippen molar-refractivity contribution in [3.05, 3.63) is 66.1 Å². The summed E-state index contributed by atoms with van der Waals surface area (Å²) in [5.74, 6) is 1.75. The molecule has 6 rings (SSSR count). The number of H-pyrrole nitrogens is 1. The van der Waals surface area contributed by atoms with Crippen molar-refractivity contribution in [3.8, 4) is 11.5 Å². The highest BCUT2D eigenvalue weighted by molar-refractivity contribution is 5.93. The maximum atomic E-state index is 13.7. The molecule has 32 heavy (non-hydrogen) atoms. The number of aromatic amines is 1. The molecule has 0 spiro atoms. The summed E-state index contributed by atoms with van der Waals surface area (Å²) in [7, 11) is 0. The number of fused-ring (bicyclic) bond motifs is 4. The average molecular weight is 430 g/mol. The molecule has 162 valence electrons. The van der Waals surface area contributed by atoms with Crippen LogP contribution in [-0.2, 0) is 0 Å². The van der Waals surface area contributed by atoms with Crippen LogP contribution in [0.15, 0.2) is 54.7 Å². The quantitative estimate of drug-likeness (QED) is 0.505. The van der Waals surface area contributed by atoms with Crippen LogP contribution in [0, 0.1) is 5.82 Å². The Labute approximate surface area is 184 Å². The standard InChI is InChI=1S/C25H23FN4O2/c26-16-1-3-21-19(11-16)20(12-28-21)15-7-9-30(10-8-15)13-17-14-31-23-5-4-22-18(25(23)32-17)2-6-24(27)29-22/h1-7,11-12,17,28H,8-10,13-14H2,(H2,27,29). The number of nitrogens with zero attached hydrogens (tertiary/aromatic N) is 2. The number of nitrogen functional groups attached to an aromatic ring is 1. The van der Waals surface area contributed by atoms with Gasteiger partial charge in [0.2, 0.25) is 0 Å². The largest absolute Gasteiger partial charge is 0.486 e. The van der Waals surface area contributed by atoms with Gasteiger partial charge in [-0.05, 0) is 54.5 Å². The second-order valence-corrected chi connectivity index (χ2v) is 8.38. The van der Waals surface area contributed by atoms with Crippen molar-refractivity contribution in [2.24, 2.45) is 0 Å². The van der Waals surface area contributed by atoms with Crippen molar-refractivity contribution in [2.45, 2.75) is 12.5 Å². The number of benzene rings is 2. The van der Waals surface area contributed by atoms with Crippen molar-refractivity contribution in [1.29, 1.82) is 0 Å². The van der Waals surface area contributed by atoms with Crippen LogP contribution in [0.5, 0.6) is 11.5 Å². The maximum Gasteiger partial charge on any atom is 0.171 e.